The fourth-order valence-electron chi connectivity index (χ4n) is 2.34. The summed E-state index contributed by atoms with van der Waals surface area (Å²) >= 11 is 0. The fraction of sp³-hybridized carbons (Fsp3) is 0. The van der Waals surface area contributed by atoms with Crippen molar-refractivity contribution in [1.29, 1.82) is 0 Å². The van der Waals surface area contributed by atoms with E-state index in [1.54, 1.807) is 6.07 Å². The van der Waals surface area contributed by atoms with E-state index in [0.717, 1.165) is 21.5 Å². The topological polar surface area (TPSA) is 104 Å². The maximum atomic E-state index is 6.20. The van der Waals surface area contributed by atoms with Gasteiger partial charge in [-0.25, -0.2) is 0 Å². The highest BCUT2D eigenvalue weighted by molar-refractivity contribution is 6.18. The van der Waals surface area contributed by atoms with Gasteiger partial charge in [0.1, 0.15) is 0 Å². The number of fused-ring (bicyclic) bond motifs is 2. The number of hydrogen-bond acceptors (Lipinski definition) is 4. The zero-order valence-electron chi connectivity index (χ0n) is 9.77. The van der Waals surface area contributed by atoms with Crippen molar-refractivity contribution >= 4 is 44.3 Å². The summed E-state index contributed by atoms with van der Waals surface area (Å²) in [6, 6.07) is 11.3. The van der Waals surface area contributed by atoms with Crippen molar-refractivity contribution in [2.45, 2.75) is 0 Å². The Morgan fingerprint density at radius 1 is 0.667 bits per heavy atom. The third kappa shape index (κ3) is 1.26. The molecule has 0 unspecified atom stereocenters. The van der Waals surface area contributed by atoms with Crippen LogP contribution in [0, 0.1) is 0 Å². The molecule has 3 rings (SSSR count). The molecule has 3 aromatic rings. The van der Waals surface area contributed by atoms with Crippen molar-refractivity contribution in [2.24, 2.45) is 0 Å². The molecule has 4 heteroatoms. The van der Waals surface area contributed by atoms with Crippen molar-refractivity contribution in [1.82, 2.24) is 0 Å². The molecule has 0 aliphatic heterocycles. The number of nitrogen functional groups attached to an aromatic ring is 4. The summed E-state index contributed by atoms with van der Waals surface area (Å²) in [5.74, 6) is 0. The van der Waals surface area contributed by atoms with Crippen LogP contribution in [0.4, 0.5) is 22.7 Å². The van der Waals surface area contributed by atoms with Gasteiger partial charge < -0.3 is 22.9 Å². The van der Waals surface area contributed by atoms with Gasteiger partial charge in [-0.15, -0.1) is 0 Å². The average molecular weight is 238 g/mol. The van der Waals surface area contributed by atoms with Gasteiger partial charge in [0.25, 0.3) is 0 Å². The Bertz CT molecular complexity index is 778. The second-order valence-electron chi connectivity index (χ2n) is 4.40. The van der Waals surface area contributed by atoms with Crippen LogP contribution < -0.4 is 22.9 Å². The minimum absolute atomic E-state index is 0.523. The second-order valence-corrected chi connectivity index (χ2v) is 4.40. The van der Waals surface area contributed by atoms with E-state index in [1.165, 1.54) is 0 Å². The highest BCUT2D eigenvalue weighted by Crippen LogP contribution is 2.38. The standard InChI is InChI=1S/C14H14N4/c15-10-3-1-2-8-9(10)6-7-4-5-11(16)14(18)12(7)13(8)17/h1-6H,15-18H2. The van der Waals surface area contributed by atoms with Gasteiger partial charge in [-0.1, -0.05) is 18.2 Å². The summed E-state index contributed by atoms with van der Waals surface area (Å²) in [7, 11) is 0. The lowest BCUT2D eigenvalue weighted by molar-refractivity contribution is 1.70. The van der Waals surface area contributed by atoms with Crippen LogP contribution in [-0.4, -0.2) is 0 Å². The van der Waals surface area contributed by atoms with Crippen LogP contribution in [0.25, 0.3) is 21.5 Å². The lowest BCUT2D eigenvalue weighted by atomic mass is 9.98. The molecular formula is C14H14N4. The van der Waals surface area contributed by atoms with Crippen molar-refractivity contribution in [3.05, 3.63) is 36.4 Å². The molecule has 0 saturated carbocycles. The molecule has 0 aromatic heterocycles. The molecule has 18 heavy (non-hydrogen) atoms. The van der Waals surface area contributed by atoms with Gasteiger partial charge in [-0.05, 0) is 23.6 Å². The summed E-state index contributed by atoms with van der Waals surface area (Å²) in [4.78, 5) is 0. The molecule has 0 aliphatic carbocycles. The summed E-state index contributed by atoms with van der Waals surface area (Å²) < 4.78 is 0. The molecule has 0 radical (unpaired) electrons. The smallest absolute Gasteiger partial charge is 0.0648 e. The summed E-state index contributed by atoms with van der Waals surface area (Å²) in [5.41, 5.74) is 26.4. The maximum Gasteiger partial charge on any atom is 0.0648 e. The number of rotatable bonds is 0. The van der Waals surface area contributed by atoms with Gasteiger partial charge in [0, 0.05) is 27.5 Å². The number of benzene rings is 3. The Morgan fingerprint density at radius 3 is 2.22 bits per heavy atom. The van der Waals surface area contributed by atoms with Gasteiger partial charge in [0.2, 0.25) is 0 Å². The first-order chi connectivity index (χ1) is 8.59. The Kier molecular flexibility index (Phi) is 2.01. The third-order valence-electron chi connectivity index (χ3n) is 3.31. The van der Waals surface area contributed by atoms with E-state index < -0.39 is 0 Å². The number of hydrogen-bond donors (Lipinski definition) is 4. The van der Waals surface area contributed by atoms with Gasteiger partial charge in [-0.3, -0.25) is 0 Å². The van der Waals surface area contributed by atoms with Crippen LogP contribution in [-0.2, 0) is 0 Å². The first-order valence-corrected chi connectivity index (χ1v) is 5.64. The van der Waals surface area contributed by atoms with Crippen LogP contribution in [0.3, 0.4) is 0 Å². The average Bonchev–Trinajstić information content (AvgIpc) is 2.35. The van der Waals surface area contributed by atoms with E-state index in [1.807, 2.05) is 30.3 Å². The normalized spacial score (nSPS) is 11.1. The highest BCUT2D eigenvalue weighted by Gasteiger charge is 2.10. The molecule has 0 fully saturated rings. The SMILES string of the molecule is Nc1ccc2cc3c(N)cccc3c(N)c2c1N. The van der Waals surface area contributed by atoms with E-state index in [2.05, 4.69) is 0 Å². The van der Waals surface area contributed by atoms with Gasteiger partial charge in [0.15, 0.2) is 0 Å². The Hall–Kier alpha value is -2.62. The monoisotopic (exact) mass is 238 g/mol. The fourth-order valence-corrected chi connectivity index (χ4v) is 2.34. The van der Waals surface area contributed by atoms with Gasteiger partial charge in [-0.2, -0.15) is 0 Å². The van der Waals surface area contributed by atoms with Crippen LogP contribution in [0.15, 0.2) is 36.4 Å². The van der Waals surface area contributed by atoms with Crippen molar-refractivity contribution in [3.8, 4) is 0 Å². The quantitative estimate of drug-likeness (QED) is 0.356. The molecule has 4 nitrogen and oxygen atoms in total. The summed E-state index contributed by atoms with van der Waals surface area (Å²) in [6.07, 6.45) is 0. The van der Waals surface area contributed by atoms with E-state index in [9.17, 15) is 0 Å². The van der Waals surface area contributed by atoms with Gasteiger partial charge in [0.05, 0.1) is 11.4 Å². The first-order valence-electron chi connectivity index (χ1n) is 5.64. The van der Waals surface area contributed by atoms with Crippen molar-refractivity contribution in [2.75, 3.05) is 22.9 Å². The summed E-state index contributed by atoms with van der Waals surface area (Å²) in [6.45, 7) is 0. The molecule has 8 N–H and O–H groups in total. The molecular weight excluding hydrogens is 224 g/mol. The maximum absolute atomic E-state index is 6.20. The van der Waals surface area contributed by atoms with E-state index >= 15 is 0 Å². The predicted molar refractivity (Wildman–Crippen MR) is 79.1 cm³/mol. The zero-order valence-corrected chi connectivity index (χ0v) is 9.77. The van der Waals surface area contributed by atoms with Crippen molar-refractivity contribution in [3.63, 3.8) is 0 Å². The Morgan fingerprint density at radius 2 is 1.44 bits per heavy atom. The molecule has 0 amide bonds. The molecule has 0 bridgehead atoms. The van der Waals surface area contributed by atoms with Crippen LogP contribution >= 0.6 is 0 Å². The summed E-state index contributed by atoms with van der Waals surface area (Å²) in [5, 5.41) is 3.59. The molecule has 3 aromatic carbocycles. The molecule has 90 valence electrons. The third-order valence-corrected chi connectivity index (χ3v) is 3.31. The molecule has 0 atom stereocenters. The number of anilines is 4. The minimum Gasteiger partial charge on any atom is -0.398 e. The minimum atomic E-state index is 0.523. The Balaban J connectivity index is 2.61. The van der Waals surface area contributed by atoms with E-state index in [4.69, 9.17) is 22.9 Å². The van der Waals surface area contributed by atoms with Gasteiger partial charge >= 0.3 is 0 Å². The number of nitrogens with two attached hydrogens (primary N) is 4. The van der Waals surface area contributed by atoms with Crippen LogP contribution in [0.1, 0.15) is 0 Å². The first kappa shape index (κ1) is 10.5. The molecule has 0 saturated heterocycles. The highest BCUT2D eigenvalue weighted by atomic mass is 14.7. The lowest BCUT2D eigenvalue weighted by Crippen LogP contribution is -1.99. The van der Waals surface area contributed by atoms with E-state index in [-0.39, 0.29) is 0 Å². The zero-order chi connectivity index (χ0) is 12.9. The second kappa shape index (κ2) is 3.43. The lowest BCUT2D eigenvalue weighted by Gasteiger charge is -2.12. The van der Waals surface area contributed by atoms with Crippen molar-refractivity contribution < 1.29 is 0 Å². The Labute approximate surface area is 104 Å². The largest absolute Gasteiger partial charge is 0.398 e. The van der Waals surface area contributed by atoms with Crippen LogP contribution in [0.5, 0.6) is 0 Å². The van der Waals surface area contributed by atoms with Crippen LogP contribution in [0.2, 0.25) is 0 Å². The molecule has 0 spiro atoms. The molecule has 0 aliphatic rings. The van der Waals surface area contributed by atoms with E-state index in [0.29, 0.717) is 22.7 Å². The predicted octanol–water partition coefficient (Wildman–Crippen LogP) is 2.32. The molecule has 0 heterocycles.